The zero-order valence-electron chi connectivity index (χ0n) is 8.54. The van der Waals surface area contributed by atoms with Gasteiger partial charge in [0.25, 0.3) is 0 Å². The minimum absolute atomic E-state index is 0.0946. The number of methoxy groups -OCH3 is 1. The van der Waals surface area contributed by atoms with Crippen LogP contribution in [0.5, 0.6) is 0 Å². The summed E-state index contributed by atoms with van der Waals surface area (Å²) in [4.78, 5) is 10.9. The SMILES string of the molecule is COC(=O)C(N)CC(F)C1CCCC1. The maximum absolute atomic E-state index is 13.6. The number of carbonyl (C=O) groups excluding carboxylic acids is 1. The fourth-order valence-electron chi connectivity index (χ4n) is 2.00. The van der Waals surface area contributed by atoms with Crippen molar-refractivity contribution >= 4 is 5.97 Å². The Bertz CT molecular complexity index is 193. The average Bonchev–Trinajstić information content (AvgIpc) is 2.69. The predicted molar refractivity (Wildman–Crippen MR) is 51.5 cm³/mol. The van der Waals surface area contributed by atoms with Crippen molar-refractivity contribution in [2.45, 2.75) is 44.3 Å². The second-order valence-electron chi connectivity index (χ2n) is 3.93. The minimum atomic E-state index is -0.952. The highest BCUT2D eigenvalue weighted by Crippen LogP contribution is 2.31. The van der Waals surface area contributed by atoms with Gasteiger partial charge in [0.2, 0.25) is 0 Å². The summed E-state index contributed by atoms with van der Waals surface area (Å²) < 4.78 is 18.0. The number of halogens is 1. The van der Waals surface area contributed by atoms with E-state index in [2.05, 4.69) is 4.74 Å². The molecule has 0 amide bonds. The summed E-state index contributed by atoms with van der Waals surface area (Å²) in [7, 11) is 1.27. The van der Waals surface area contributed by atoms with Crippen LogP contribution >= 0.6 is 0 Å². The summed E-state index contributed by atoms with van der Waals surface area (Å²) in [6, 6.07) is -0.810. The largest absolute Gasteiger partial charge is 0.468 e. The smallest absolute Gasteiger partial charge is 0.322 e. The molecule has 0 saturated heterocycles. The van der Waals surface area contributed by atoms with Crippen LogP contribution in [-0.4, -0.2) is 25.3 Å². The second kappa shape index (κ2) is 5.29. The third-order valence-electron chi connectivity index (χ3n) is 2.89. The molecule has 2 N–H and O–H groups in total. The number of hydrogen-bond acceptors (Lipinski definition) is 3. The van der Waals surface area contributed by atoms with E-state index in [0.717, 1.165) is 25.7 Å². The van der Waals surface area contributed by atoms with E-state index in [1.165, 1.54) is 7.11 Å². The molecule has 0 heterocycles. The third-order valence-corrected chi connectivity index (χ3v) is 2.89. The number of esters is 1. The van der Waals surface area contributed by atoms with Crippen molar-refractivity contribution in [1.29, 1.82) is 0 Å². The summed E-state index contributed by atoms with van der Waals surface area (Å²) in [5.41, 5.74) is 5.48. The molecule has 0 bridgehead atoms. The van der Waals surface area contributed by atoms with Gasteiger partial charge in [-0.2, -0.15) is 0 Å². The molecule has 1 fully saturated rings. The molecule has 2 atom stereocenters. The summed E-state index contributed by atoms with van der Waals surface area (Å²) in [5, 5.41) is 0. The number of carbonyl (C=O) groups is 1. The average molecular weight is 203 g/mol. The van der Waals surface area contributed by atoms with Crippen molar-refractivity contribution in [3.8, 4) is 0 Å². The molecule has 0 spiro atoms. The van der Waals surface area contributed by atoms with Crippen molar-refractivity contribution < 1.29 is 13.9 Å². The van der Waals surface area contributed by atoms with E-state index in [9.17, 15) is 9.18 Å². The first kappa shape index (κ1) is 11.4. The Balaban J connectivity index is 2.31. The van der Waals surface area contributed by atoms with Crippen molar-refractivity contribution in [3.05, 3.63) is 0 Å². The van der Waals surface area contributed by atoms with Crippen LogP contribution in [0.2, 0.25) is 0 Å². The Hall–Kier alpha value is -0.640. The molecule has 82 valence electrons. The lowest BCUT2D eigenvalue weighted by atomic mass is 9.96. The van der Waals surface area contributed by atoms with Crippen LogP contribution in [0.3, 0.4) is 0 Å². The lowest BCUT2D eigenvalue weighted by molar-refractivity contribution is -0.142. The van der Waals surface area contributed by atoms with Crippen molar-refractivity contribution in [2.24, 2.45) is 11.7 Å². The van der Waals surface area contributed by atoms with E-state index >= 15 is 0 Å². The molecule has 4 heteroatoms. The summed E-state index contributed by atoms with van der Waals surface area (Å²) in [6.45, 7) is 0. The van der Waals surface area contributed by atoms with Gasteiger partial charge in [-0.3, -0.25) is 4.79 Å². The molecule has 1 aliphatic carbocycles. The van der Waals surface area contributed by atoms with Crippen LogP contribution in [0.4, 0.5) is 4.39 Å². The van der Waals surface area contributed by atoms with Gasteiger partial charge in [-0.05, 0) is 18.8 Å². The van der Waals surface area contributed by atoms with Crippen LogP contribution in [-0.2, 0) is 9.53 Å². The van der Waals surface area contributed by atoms with Crippen LogP contribution < -0.4 is 5.73 Å². The Morgan fingerprint density at radius 1 is 1.57 bits per heavy atom. The van der Waals surface area contributed by atoms with E-state index in [4.69, 9.17) is 5.73 Å². The molecule has 2 unspecified atom stereocenters. The fourth-order valence-corrected chi connectivity index (χ4v) is 2.00. The molecular weight excluding hydrogens is 185 g/mol. The van der Waals surface area contributed by atoms with Crippen molar-refractivity contribution in [3.63, 3.8) is 0 Å². The second-order valence-corrected chi connectivity index (χ2v) is 3.93. The summed E-state index contributed by atoms with van der Waals surface area (Å²) in [5.74, 6) is -0.420. The van der Waals surface area contributed by atoms with Gasteiger partial charge in [-0.1, -0.05) is 12.8 Å². The molecule has 0 aliphatic heterocycles. The van der Waals surface area contributed by atoms with E-state index in [1.807, 2.05) is 0 Å². The zero-order valence-corrected chi connectivity index (χ0v) is 8.54. The van der Waals surface area contributed by atoms with Gasteiger partial charge in [0, 0.05) is 6.42 Å². The highest BCUT2D eigenvalue weighted by Gasteiger charge is 2.28. The van der Waals surface area contributed by atoms with Crippen LogP contribution in [0, 0.1) is 5.92 Å². The van der Waals surface area contributed by atoms with Crippen LogP contribution in [0.15, 0.2) is 0 Å². The quantitative estimate of drug-likeness (QED) is 0.703. The standard InChI is InChI=1S/C10H18FNO2/c1-14-10(13)9(12)6-8(11)7-4-2-3-5-7/h7-9H,2-6,12H2,1H3. The lowest BCUT2D eigenvalue weighted by Crippen LogP contribution is -2.35. The number of hydrogen-bond donors (Lipinski definition) is 1. The van der Waals surface area contributed by atoms with Gasteiger partial charge in [0.1, 0.15) is 12.2 Å². The topological polar surface area (TPSA) is 52.3 Å². The molecule has 0 aromatic rings. The van der Waals surface area contributed by atoms with Crippen molar-refractivity contribution in [1.82, 2.24) is 0 Å². The Labute approximate surface area is 83.8 Å². The Morgan fingerprint density at radius 3 is 2.64 bits per heavy atom. The fraction of sp³-hybridized carbons (Fsp3) is 0.900. The van der Waals surface area contributed by atoms with Gasteiger partial charge >= 0.3 is 5.97 Å². The number of alkyl halides is 1. The van der Waals surface area contributed by atoms with Gasteiger partial charge in [-0.25, -0.2) is 4.39 Å². The Morgan fingerprint density at radius 2 is 2.14 bits per heavy atom. The van der Waals surface area contributed by atoms with Crippen LogP contribution in [0.1, 0.15) is 32.1 Å². The van der Waals surface area contributed by atoms with Crippen molar-refractivity contribution in [2.75, 3.05) is 7.11 Å². The molecular formula is C10H18FNO2. The molecule has 0 radical (unpaired) electrons. The highest BCUT2D eigenvalue weighted by molar-refractivity contribution is 5.75. The highest BCUT2D eigenvalue weighted by atomic mass is 19.1. The monoisotopic (exact) mass is 203 g/mol. The number of rotatable bonds is 4. The van der Waals surface area contributed by atoms with Crippen LogP contribution in [0.25, 0.3) is 0 Å². The molecule has 0 aromatic heterocycles. The van der Waals surface area contributed by atoms with Gasteiger partial charge in [0.15, 0.2) is 0 Å². The molecule has 0 aromatic carbocycles. The predicted octanol–water partition coefficient (Wildman–Crippen LogP) is 1.41. The molecule has 14 heavy (non-hydrogen) atoms. The maximum Gasteiger partial charge on any atom is 0.322 e. The van der Waals surface area contributed by atoms with Gasteiger partial charge in [0.05, 0.1) is 7.11 Å². The van der Waals surface area contributed by atoms with E-state index in [-0.39, 0.29) is 12.3 Å². The first-order chi connectivity index (χ1) is 6.65. The molecule has 1 rings (SSSR count). The van der Waals surface area contributed by atoms with E-state index < -0.39 is 18.2 Å². The molecule has 1 aliphatic rings. The summed E-state index contributed by atoms with van der Waals surface area (Å²) in [6.07, 6.45) is 3.19. The molecule has 1 saturated carbocycles. The third kappa shape index (κ3) is 2.94. The van der Waals surface area contributed by atoms with Gasteiger partial charge in [-0.15, -0.1) is 0 Å². The first-order valence-corrected chi connectivity index (χ1v) is 5.12. The maximum atomic E-state index is 13.6. The van der Waals surface area contributed by atoms with Gasteiger partial charge < -0.3 is 10.5 Å². The van der Waals surface area contributed by atoms with E-state index in [0.29, 0.717) is 0 Å². The number of nitrogens with two attached hydrogens (primary N) is 1. The lowest BCUT2D eigenvalue weighted by Gasteiger charge is -2.17. The summed E-state index contributed by atoms with van der Waals surface area (Å²) >= 11 is 0. The minimum Gasteiger partial charge on any atom is -0.468 e. The number of ether oxygens (including phenoxy) is 1. The normalized spacial score (nSPS) is 21.9. The first-order valence-electron chi connectivity index (χ1n) is 5.12. The Kier molecular flexibility index (Phi) is 4.32. The zero-order chi connectivity index (χ0) is 10.6. The van der Waals surface area contributed by atoms with E-state index in [1.54, 1.807) is 0 Å². The molecule has 3 nitrogen and oxygen atoms in total.